The summed E-state index contributed by atoms with van der Waals surface area (Å²) < 4.78 is 6.19. The van der Waals surface area contributed by atoms with Crippen molar-refractivity contribution in [3.05, 3.63) is 121 Å². The predicted octanol–water partition coefficient (Wildman–Crippen LogP) is 6.40. The maximum Gasteiger partial charge on any atom is 0.488 e. The summed E-state index contributed by atoms with van der Waals surface area (Å²) in [6, 6.07) is 40.1. The van der Waals surface area contributed by atoms with Crippen molar-refractivity contribution in [2.75, 3.05) is 4.90 Å². The number of para-hydroxylation sites is 2. The van der Waals surface area contributed by atoms with Crippen LogP contribution in [0.25, 0.3) is 33.1 Å². The highest BCUT2D eigenvalue weighted by Gasteiger charge is 2.19. The number of fused-ring (bicyclic) bond motifs is 3. The first-order valence-corrected chi connectivity index (χ1v) is 11.5. The minimum absolute atomic E-state index is 0.442. The van der Waals surface area contributed by atoms with Gasteiger partial charge in [-0.15, -0.1) is 0 Å². The Kier molecular flexibility index (Phi) is 5.34. The van der Waals surface area contributed by atoms with Crippen LogP contribution in [0.3, 0.4) is 0 Å². The number of nitrogens with zero attached hydrogens (tertiary/aromatic N) is 1. The van der Waals surface area contributed by atoms with Crippen molar-refractivity contribution in [2.45, 2.75) is 0 Å². The number of anilines is 3. The number of hydrogen-bond donors (Lipinski definition) is 2. The fourth-order valence-electron chi connectivity index (χ4n) is 4.61. The van der Waals surface area contributed by atoms with Crippen molar-refractivity contribution in [3.63, 3.8) is 0 Å². The van der Waals surface area contributed by atoms with Crippen LogP contribution in [-0.4, -0.2) is 17.2 Å². The Morgan fingerprint density at radius 2 is 1.23 bits per heavy atom. The van der Waals surface area contributed by atoms with Gasteiger partial charge in [0.15, 0.2) is 0 Å². The fourth-order valence-corrected chi connectivity index (χ4v) is 4.61. The Bertz CT molecular complexity index is 1630. The van der Waals surface area contributed by atoms with Crippen molar-refractivity contribution in [3.8, 4) is 11.1 Å². The molecule has 5 heteroatoms. The highest BCUT2D eigenvalue weighted by atomic mass is 16.4. The van der Waals surface area contributed by atoms with Crippen molar-refractivity contribution in [1.82, 2.24) is 0 Å². The van der Waals surface area contributed by atoms with Crippen LogP contribution in [0.15, 0.2) is 126 Å². The molecule has 6 rings (SSSR count). The van der Waals surface area contributed by atoms with Gasteiger partial charge in [0.1, 0.15) is 11.2 Å². The van der Waals surface area contributed by atoms with Crippen LogP contribution < -0.4 is 10.4 Å². The van der Waals surface area contributed by atoms with E-state index in [1.54, 1.807) is 12.1 Å². The summed E-state index contributed by atoms with van der Waals surface area (Å²) in [5, 5.41) is 21.4. The molecule has 168 valence electrons. The predicted molar refractivity (Wildman–Crippen MR) is 144 cm³/mol. The van der Waals surface area contributed by atoms with Crippen molar-refractivity contribution < 1.29 is 14.5 Å². The van der Waals surface area contributed by atoms with E-state index in [0.29, 0.717) is 5.46 Å². The smallest absolute Gasteiger partial charge is 0.456 e. The first kappa shape index (κ1) is 21.2. The first-order chi connectivity index (χ1) is 17.2. The van der Waals surface area contributed by atoms with E-state index < -0.39 is 7.12 Å². The second-order valence-electron chi connectivity index (χ2n) is 8.46. The maximum atomic E-state index is 9.60. The Morgan fingerprint density at radius 1 is 0.571 bits per heavy atom. The molecule has 5 aromatic carbocycles. The van der Waals surface area contributed by atoms with Gasteiger partial charge in [0.2, 0.25) is 0 Å². The third-order valence-electron chi connectivity index (χ3n) is 6.30. The van der Waals surface area contributed by atoms with Crippen LogP contribution in [-0.2, 0) is 0 Å². The van der Waals surface area contributed by atoms with Gasteiger partial charge in [0, 0.05) is 33.8 Å². The van der Waals surface area contributed by atoms with Gasteiger partial charge in [-0.05, 0) is 47.4 Å². The highest BCUT2D eigenvalue weighted by Crippen LogP contribution is 2.42. The van der Waals surface area contributed by atoms with E-state index in [-0.39, 0.29) is 0 Å². The van der Waals surface area contributed by atoms with E-state index in [0.717, 1.165) is 50.1 Å². The molecule has 2 N–H and O–H groups in total. The normalized spacial score (nSPS) is 11.1. The molecule has 6 aromatic rings. The molecule has 0 aliphatic carbocycles. The molecule has 1 heterocycles. The van der Waals surface area contributed by atoms with Crippen LogP contribution in [0.5, 0.6) is 0 Å². The number of benzene rings is 5. The summed E-state index contributed by atoms with van der Waals surface area (Å²) in [5.74, 6) is 0. The minimum Gasteiger partial charge on any atom is -0.456 e. The van der Waals surface area contributed by atoms with E-state index in [2.05, 4.69) is 53.4 Å². The summed E-state index contributed by atoms with van der Waals surface area (Å²) in [6.07, 6.45) is 0. The van der Waals surface area contributed by atoms with Crippen LogP contribution in [0, 0.1) is 0 Å². The summed E-state index contributed by atoms with van der Waals surface area (Å²) >= 11 is 0. The van der Waals surface area contributed by atoms with E-state index in [4.69, 9.17) is 4.42 Å². The van der Waals surface area contributed by atoms with Gasteiger partial charge in [-0.2, -0.15) is 0 Å². The van der Waals surface area contributed by atoms with Crippen LogP contribution >= 0.6 is 0 Å². The monoisotopic (exact) mass is 455 g/mol. The Labute approximate surface area is 203 Å². The molecule has 0 amide bonds. The molecule has 0 radical (unpaired) electrons. The van der Waals surface area contributed by atoms with Gasteiger partial charge in [0.05, 0.1) is 5.69 Å². The van der Waals surface area contributed by atoms with Gasteiger partial charge in [0.25, 0.3) is 0 Å². The van der Waals surface area contributed by atoms with Gasteiger partial charge < -0.3 is 19.4 Å². The lowest BCUT2D eigenvalue weighted by molar-refractivity contribution is 0.426. The molecule has 4 nitrogen and oxygen atoms in total. The Balaban J connectivity index is 1.57. The average molecular weight is 455 g/mol. The topological polar surface area (TPSA) is 56.8 Å². The molecule has 0 aliphatic rings. The van der Waals surface area contributed by atoms with E-state index in [9.17, 15) is 10.0 Å². The van der Waals surface area contributed by atoms with Crippen LogP contribution in [0.2, 0.25) is 0 Å². The summed E-state index contributed by atoms with van der Waals surface area (Å²) in [7, 11) is -1.51. The summed E-state index contributed by atoms with van der Waals surface area (Å²) in [6.45, 7) is 0. The molecule has 0 unspecified atom stereocenters. The number of rotatable bonds is 5. The lowest BCUT2D eigenvalue weighted by Crippen LogP contribution is -2.29. The van der Waals surface area contributed by atoms with Gasteiger partial charge >= 0.3 is 7.12 Å². The molecule has 0 fully saturated rings. The third kappa shape index (κ3) is 3.87. The second-order valence-corrected chi connectivity index (χ2v) is 8.46. The van der Waals surface area contributed by atoms with E-state index in [1.165, 1.54) is 0 Å². The third-order valence-corrected chi connectivity index (χ3v) is 6.30. The Hall–Kier alpha value is -4.32. The van der Waals surface area contributed by atoms with Crippen molar-refractivity contribution in [1.29, 1.82) is 0 Å². The standard InChI is InChI=1S/C30H22BNO3/c33-31(34)22-14-16-23(17-15-22)32(28-12-6-4-10-25(28)21-8-2-1-3-9-21)24-18-19-27-26-11-5-7-13-29(26)35-30(27)20-24/h1-20,33-34H. The molecule has 0 aliphatic heterocycles. The van der Waals surface area contributed by atoms with Gasteiger partial charge in [-0.3, -0.25) is 0 Å². The molecule has 0 atom stereocenters. The SMILES string of the molecule is OB(O)c1ccc(N(c2ccc3c(c2)oc2ccccc23)c2ccccc2-c2ccccc2)cc1. The van der Waals surface area contributed by atoms with E-state index in [1.807, 2.05) is 60.7 Å². The highest BCUT2D eigenvalue weighted by molar-refractivity contribution is 6.58. The molecule has 0 saturated carbocycles. The first-order valence-electron chi connectivity index (χ1n) is 11.5. The average Bonchev–Trinajstić information content (AvgIpc) is 3.28. The molecular formula is C30H22BNO3. The maximum absolute atomic E-state index is 9.60. The molecule has 0 bridgehead atoms. The lowest BCUT2D eigenvalue weighted by atomic mass is 9.80. The van der Waals surface area contributed by atoms with Crippen LogP contribution in [0.4, 0.5) is 17.1 Å². The van der Waals surface area contributed by atoms with E-state index >= 15 is 0 Å². The van der Waals surface area contributed by atoms with Crippen molar-refractivity contribution >= 4 is 51.6 Å². The summed E-state index contributed by atoms with van der Waals surface area (Å²) in [5.41, 5.74) is 7.16. The molecular weight excluding hydrogens is 433 g/mol. The molecule has 1 aromatic heterocycles. The summed E-state index contributed by atoms with van der Waals surface area (Å²) in [4.78, 5) is 2.17. The Morgan fingerprint density at radius 3 is 2.03 bits per heavy atom. The van der Waals surface area contributed by atoms with Crippen molar-refractivity contribution in [2.24, 2.45) is 0 Å². The zero-order valence-electron chi connectivity index (χ0n) is 18.9. The second kappa shape index (κ2) is 8.80. The number of hydrogen-bond acceptors (Lipinski definition) is 4. The van der Waals surface area contributed by atoms with Crippen LogP contribution in [0.1, 0.15) is 0 Å². The quantitative estimate of drug-likeness (QED) is 0.295. The van der Waals surface area contributed by atoms with Gasteiger partial charge in [-0.25, -0.2) is 0 Å². The zero-order chi connectivity index (χ0) is 23.8. The minimum atomic E-state index is -1.51. The number of furan rings is 1. The molecule has 35 heavy (non-hydrogen) atoms. The molecule has 0 saturated heterocycles. The zero-order valence-corrected chi connectivity index (χ0v) is 18.9. The lowest BCUT2D eigenvalue weighted by Gasteiger charge is -2.28. The molecule has 0 spiro atoms. The largest absolute Gasteiger partial charge is 0.488 e. The van der Waals surface area contributed by atoms with Gasteiger partial charge in [-0.1, -0.05) is 78.9 Å². The fraction of sp³-hybridized carbons (Fsp3) is 0.